The fraction of sp³-hybridized carbons (Fsp3) is 0.294. The first-order chi connectivity index (χ1) is 20.9. The molecule has 1 heterocycles. The molecule has 0 aliphatic heterocycles. The predicted molar refractivity (Wildman–Crippen MR) is 172 cm³/mol. The van der Waals surface area contributed by atoms with E-state index in [1.165, 1.54) is 11.3 Å². The minimum Gasteiger partial charge on any atom is -0.391 e. The summed E-state index contributed by atoms with van der Waals surface area (Å²) in [6.07, 6.45) is -1.21. The van der Waals surface area contributed by atoms with Gasteiger partial charge in [0.1, 0.15) is 6.04 Å². The summed E-state index contributed by atoms with van der Waals surface area (Å²) in [5.74, 6) is -2.20. The van der Waals surface area contributed by atoms with Crippen molar-refractivity contribution in [3.05, 3.63) is 106 Å². The third kappa shape index (κ3) is 8.98. The molecule has 0 unspecified atom stereocenters. The van der Waals surface area contributed by atoms with Crippen molar-refractivity contribution < 1.29 is 24.3 Å². The summed E-state index contributed by atoms with van der Waals surface area (Å²) < 4.78 is 0.913. The maximum absolute atomic E-state index is 13.6. The minimum absolute atomic E-state index is 0.0696. The quantitative estimate of drug-likeness (QED) is 0.165. The average molecular weight is 615 g/mol. The monoisotopic (exact) mass is 614 g/mol. The van der Waals surface area contributed by atoms with E-state index >= 15 is 0 Å². The summed E-state index contributed by atoms with van der Waals surface area (Å²) in [7, 11) is 0. The van der Waals surface area contributed by atoms with E-state index in [0.717, 1.165) is 15.6 Å². The molecule has 4 aromatic rings. The van der Waals surface area contributed by atoms with E-state index < -0.39 is 47.9 Å². The van der Waals surface area contributed by atoms with E-state index in [9.17, 15) is 24.3 Å². The molecule has 0 radical (unpaired) electrons. The van der Waals surface area contributed by atoms with Crippen LogP contribution in [0.15, 0.2) is 84.9 Å². The molecule has 0 fully saturated rings. The Morgan fingerprint density at radius 1 is 0.841 bits per heavy atom. The van der Waals surface area contributed by atoms with Gasteiger partial charge in [-0.1, -0.05) is 66.7 Å². The Morgan fingerprint density at radius 2 is 1.50 bits per heavy atom. The number of aliphatic hydroxyl groups is 1. The van der Waals surface area contributed by atoms with Crippen LogP contribution in [0.25, 0.3) is 10.1 Å². The number of benzene rings is 3. The normalized spacial score (nSPS) is 13.5. The van der Waals surface area contributed by atoms with Gasteiger partial charge in [0.05, 0.1) is 23.4 Å². The molecule has 0 saturated heterocycles. The maximum Gasteiger partial charge on any atom is 0.262 e. The lowest BCUT2D eigenvalue weighted by Crippen LogP contribution is -2.54. The zero-order valence-electron chi connectivity index (χ0n) is 25.0. The van der Waals surface area contributed by atoms with Crippen molar-refractivity contribution in [1.29, 1.82) is 0 Å². The largest absolute Gasteiger partial charge is 0.391 e. The zero-order valence-corrected chi connectivity index (χ0v) is 25.8. The lowest BCUT2D eigenvalue weighted by atomic mass is 9.93. The van der Waals surface area contributed by atoms with E-state index in [0.29, 0.717) is 16.0 Å². The van der Waals surface area contributed by atoms with E-state index in [2.05, 4.69) is 16.0 Å². The van der Waals surface area contributed by atoms with E-state index in [4.69, 9.17) is 5.73 Å². The average Bonchev–Trinajstić information content (AvgIpc) is 3.41. The number of hydrogen-bond acceptors (Lipinski definition) is 6. The molecule has 9 nitrogen and oxygen atoms in total. The molecule has 3 aromatic carbocycles. The topological polar surface area (TPSA) is 151 Å². The highest BCUT2D eigenvalue weighted by atomic mass is 32.1. The highest BCUT2D eigenvalue weighted by Gasteiger charge is 2.30. The minimum atomic E-state index is -1.26. The lowest BCUT2D eigenvalue weighted by molar-refractivity contribution is -0.128. The van der Waals surface area contributed by atoms with Crippen LogP contribution in [0.4, 0.5) is 0 Å². The summed E-state index contributed by atoms with van der Waals surface area (Å²) >= 11 is 1.27. The van der Waals surface area contributed by atoms with Gasteiger partial charge >= 0.3 is 0 Å². The van der Waals surface area contributed by atoms with Crippen LogP contribution < -0.4 is 21.7 Å². The molecule has 1 aromatic heterocycles. The van der Waals surface area contributed by atoms with Gasteiger partial charge in [0, 0.05) is 22.2 Å². The van der Waals surface area contributed by atoms with Gasteiger partial charge in [0.25, 0.3) is 11.8 Å². The summed E-state index contributed by atoms with van der Waals surface area (Å²) in [6, 6.07) is 23.5. The first-order valence-electron chi connectivity index (χ1n) is 14.4. The molecule has 0 aliphatic rings. The molecule has 0 aliphatic carbocycles. The highest BCUT2D eigenvalue weighted by Crippen LogP contribution is 2.25. The van der Waals surface area contributed by atoms with Crippen LogP contribution in [0, 0.1) is 0 Å². The summed E-state index contributed by atoms with van der Waals surface area (Å²) in [6.45, 7) is 5.65. The number of nitrogens with two attached hydrogens (primary N) is 1. The van der Waals surface area contributed by atoms with E-state index in [1.807, 2.05) is 75.4 Å². The number of fused-ring (bicyclic) bond motifs is 1. The van der Waals surface area contributed by atoms with E-state index in [1.54, 1.807) is 30.3 Å². The molecule has 0 spiro atoms. The van der Waals surface area contributed by atoms with Crippen LogP contribution in [-0.4, -0.2) is 52.5 Å². The van der Waals surface area contributed by atoms with Crippen molar-refractivity contribution in [1.82, 2.24) is 16.0 Å². The Kier molecular flexibility index (Phi) is 10.5. The van der Waals surface area contributed by atoms with Crippen molar-refractivity contribution in [3.63, 3.8) is 0 Å². The van der Waals surface area contributed by atoms with E-state index in [-0.39, 0.29) is 18.7 Å². The molecule has 4 rings (SSSR count). The van der Waals surface area contributed by atoms with Gasteiger partial charge in [-0.15, -0.1) is 11.3 Å². The van der Waals surface area contributed by atoms with Crippen LogP contribution in [-0.2, 0) is 22.4 Å². The predicted octanol–water partition coefficient (Wildman–Crippen LogP) is 3.73. The first-order valence-corrected chi connectivity index (χ1v) is 15.2. The second-order valence-electron chi connectivity index (χ2n) is 11.8. The molecule has 44 heavy (non-hydrogen) atoms. The van der Waals surface area contributed by atoms with Gasteiger partial charge in [0.15, 0.2) is 0 Å². The second-order valence-corrected chi connectivity index (χ2v) is 12.9. The maximum atomic E-state index is 13.6. The molecule has 0 saturated carbocycles. The number of primary amides is 1. The molecule has 3 atom stereocenters. The Bertz CT molecular complexity index is 1600. The molecular weight excluding hydrogens is 576 g/mol. The Labute approximate surface area is 260 Å². The molecule has 0 bridgehead atoms. The number of nitrogens with one attached hydrogen (secondary N) is 3. The van der Waals surface area contributed by atoms with Gasteiger partial charge in [-0.25, -0.2) is 0 Å². The number of thiophene rings is 1. The third-order valence-corrected chi connectivity index (χ3v) is 8.06. The number of carbonyl (C=O) groups excluding carboxylic acids is 4. The molecule has 230 valence electrons. The molecule has 6 N–H and O–H groups in total. The number of rotatable bonds is 12. The van der Waals surface area contributed by atoms with Crippen LogP contribution in [0.1, 0.15) is 58.3 Å². The van der Waals surface area contributed by atoms with Gasteiger partial charge in [0.2, 0.25) is 11.8 Å². The second kappa shape index (κ2) is 14.3. The zero-order chi connectivity index (χ0) is 31.9. The van der Waals surface area contributed by atoms with Crippen molar-refractivity contribution in [2.75, 3.05) is 0 Å². The standard InChI is InChI=1S/C34H38N4O5S/c1-34(2,3)38-31(41)24-15-9-7-13-22(24)18-27(39)25(17-21-11-5-4-6-12-21)36-32(42)26(20-30(35)40)37-33(43)29-19-23-14-8-10-16-28(23)44-29/h4-16,19,25-27,39H,17-18,20H2,1-3H3,(H2,35,40)(H,36,42)(H,37,43)(H,38,41)/t25-,26-,27+/m0/s1. The lowest BCUT2D eigenvalue weighted by Gasteiger charge is -2.28. The summed E-state index contributed by atoms with van der Waals surface area (Å²) in [5.41, 5.74) is 6.90. The van der Waals surface area contributed by atoms with Crippen LogP contribution in [0.2, 0.25) is 0 Å². The Balaban J connectivity index is 1.56. The number of aliphatic hydroxyl groups excluding tert-OH is 1. The van der Waals surface area contributed by atoms with Gasteiger partial charge in [-0.3, -0.25) is 19.2 Å². The fourth-order valence-electron chi connectivity index (χ4n) is 4.86. The Morgan fingerprint density at radius 3 is 2.18 bits per heavy atom. The smallest absolute Gasteiger partial charge is 0.262 e. The molecule has 4 amide bonds. The molecular formula is C34H38N4O5S. The van der Waals surface area contributed by atoms with Gasteiger partial charge < -0.3 is 26.8 Å². The van der Waals surface area contributed by atoms with Crippen LogP contribution in [0.5, 0.6) is 0 Å². The van der Waals surface area contributed by atoms with Gasteiger partial charge in [-0.05, 0) is 61.9 Å². The Hall–Kier alpha value is -4.54. The number of hydrogen-bond donors (Lipinski definition) is 5. The van der Waals surface area contributed by atoms with Gasteiger partial charge in [-0.2, -0.15) is 0 Å². The van der Waals surface area contributed by atoms with Crippen molar-refractivity contribution >= 4 is 45.1 Å². The number of amides is 4. The van der Waals surface area contributed by atoms with Crippen molar-refractivity contribution in [2.24, 2.45) is 5.73 Å². The summed E-state index contributed by atoms with van der Waals surface area (Å²) in [4.78, 5) is 52.1. The number of carbonyl (C=O) groups is 4. The van der Waals surface area contributed by atoms with Crippen LogP contribution in [0.3, 0.4) is 0 Å². The highest BCUT2D eigenvalue weighted by molar-refractivity contribution is 7.20. The molecule has 10 heteroatoms. The SMILES string of the molecule is CC(C)(C)NC(=O)c1ccccc1C[C@@H](O)[C@H](Cc1ccccc1)NC(=O)[C@H](CC(N)=O)NC(=O)c1cc2ccccc2s1. The van der Waals surface area contributed by atoms with Crippen LogP contribution >= 0.6 is 11.3 Å². The van der Waals surface area contributed by atoms with Crippen molar-refractivity contribution in [3.8, 4) is 0 Å². The van der Waals surface area contributed by atoms with Crippen molar-refractivity contribution in [2.45, 2.75) is 63.8 Å². The first kappa shape index (κ1) is 32.4. The summed E-state index contributed by atoms with van der Waals surface area (Å²) in [5, 5.41) is 20.8. The third-order valence-electron chi connectivity index (χ3n) is 6.95. The fourth-order valence-corrected chi connectivity index (χ4v) is 5.83.